The van der Waals surface area contributed by atoms with Gasteiger partial charge < -0.3 is 24.4 Å². The Morgan fingerprint density at radius 2 is 0.879 bits per heavy atom. The van der Waals surface area contributed by atoms with Crippen LogP contribution in [0.15, 0.2) is 86.1 Å². The van der Waals surface area contributed by atoms with E-state index in [-0.39, 0.29) is 64.7 Å². The zero-order valence-electron chi connectivity index (χ0n) is 51.5. The van der Waals surface area contributed by atoms with Gasteiger partial charge in [-0.1, -0.05) is 71.9 Å². The number of hydrogen-bond acceptors (Lipinski definition) is 19. The maximum atomic E-state index is 13.1. The average molecular weight is 1340 g/mol. The van der Waals surface area contributed by atoms with Gasteiger partial charge in [0.05, 0.1) is 64.0 Å². The minimum atomic E-state index is -1.17. The Hall–Kier alpha value is -8.76. The van der Waals surface area contributed by atoms with Crippen molar-refractivity contribution >= 4 is 105 Å². The van der Waals surface area contributed by atoms with Crippen molar-refractivity contribution in [1.29, 1.82) is 0 Å². The molecular formula is C59H64Cl5N19O8. The zero-order chi connectivity index (χ0) is 66.4. The average Bonchev–Trinajstić information content (AvgIpc) is 1.82. The number of carboxylic acids is 1. The highest BCUT2D eigenvalue weighted by Crippen LogP contribution is 2.31. The minimum Gasteiger partial charge on any atom is -0.478 e. The first-order valence-corrected chi connectivity index (χ1v) is 30.1. The Morgan fingerprint density at radius 3 is 1.25 bits per heavy atom. The predicted molar refractivity (Wildman–Crippen MR) is 338 cm³/mol. The summed E-state index contributed by atoms with van der Waals surface area (Å²) in [5.41, 5.74) is 4.84. The summed E-state index contributed by atoms with van der Waals surface area (Å²) >= 11 is 30.8. The number of hydrogen-bond donors (Lipinski definition) is 1. The highest BCUT2D eigenvalue weighted by Gasteiger charge is 2.31. The lowest BCUT2D eigenvalue weighted by molar-refractivity contribution is -0.118. The third-order valence-electron chi connectivity index (χ3n) is 13.8. The molecule has 0 saturated heterocycles. The van der Waals surface area contributed by atoms with Gasteiger partial charge in [0.2, 0.25) is 0 Å². The van der Waals surface area contributed by atoms with Crippen molar-refractivity contribution in [3.8, 4) is 11.6 Å². The second kappa shape index (κ2) is 28.6. The predicted octanol–water partition coefficient (Wildman–Crippen LogP) is 11.2. The van der Waals surface area contributed by atoms with Crippen LogP contribution in [0.3, 0.4) is 0 Å². The Morgan fingerprint density at radius 1 is 0.516 bits per heavy atom. The Balaban J connectivity index is 0.000000180. The number of nitrogens with zero attached hydrogens (tertiary/aromatic N) is 19. The first-order chi connectivity index (χ1) is 42.9. The van der Waals surface area contributed by atoms with E-state index >= 15 is 0 Å². The van der Waals surface area contributed by atoms with Crippen LogP contribution in [0.4, 0.5) is 9.59 Å². The molecule has 478 valence electrons. The molecule has 10 rings (SSSR count). The highest BCUT2D eigenvalue weighted by atomic mass is 35.5. The number of fused-ring (bicyclic) bond motifs is 3. The maximum absolute atomic E-state index is 13.1. The van der Waals surface area contributed by atoms with Gasteiger partial charge in [-0.15, -0.1) is 9.59 Å². The summed E-state index contributed by atoms with van der Waals surface area (Å²) in [6.45, 7) is 18.4. The van der Waals surface area contributed by atoms with Gasteiger partial charge in [0.25, 0.3) is 0 Å². The van der Waals surface area contributed by atoms with E-state index < -0.39 is 41.4 Å². The number of rotatable bonds is 17. The molecule has 3 atom stereocenters. The number of ketones is 2. The van der Waals surface area contributed by atoms with E-state index in [1.54, 1.807) is 126 Å². The molecule has 10 aromatic heterocycles. The molecule has 0 aliphatic heterocycles. The standard InChI is InChI=1S/C24H26Cl2N8O3.C20H19Cl2N7O.C15H19ClN4O4/c1-14(32(5)23(36)37-24(2,3)4)21-16(13-27-20-11-19(26)31-33(20)21)10-17(35)8-15-9-18(25)22(28-12-15)34-29-6-7-30-34;1-3-12(2)19-14(11-23-18-9-17(22)27-28(18)19)8-15(30)6-13-7-16(21)20(24-10-13)29-25-4-5-26-29;1-8(19(5)14(23)24-15(2,3)4)12-9(13(21)22)7-17-11-6-10(16)18-20(11)12/h6-7,9,11-14H,8,10H2,1-5H3;4-5,7,9-12H,3,6,8H2,1-2H3;6-8H,1-5H3,(H,21,22)/t14-;12-;8-/m010/s1. The summed E-state index contributed by atoms with van der Waals surface area (Å²) in [5, 5.41) is 39.8. The van der Waals surface area contributed by atoms with Crippen LogP contribution in [0.2, 0.25) is 25.5 Å². The van der Waals surface area contributed by atoms with Crippen LogP contribution in [0.1, 0.15) is 143 Å². The zero-order valence-corrected chi connectivity index (χ0v) is 55.3. The van der Waals surface area contributed by atoms with Crippen LogP contribution in [0, 0.1) is 0 Å². The number of aromatic nitrogens is 17. The van der Waals surface area contributed by atoms with Crippen molar-refractivity contribution in [2.24, 2.45) is 0 Å². The summed E-state index contributed by atoms with van der Waals surface area (Å²) in [4.78, 5) is 89.4. The fourth-order valence-corrected chi connectivity index (χ4v) is 10.3. The molecule has 32 heteroatoms. The molecule has 0 saturated carbocycles. The lowest BCUT2D eigenvalue weighted by Crippen LogP contribution is -2.37. The second-order valence-electron chi connectivity index (χ2n) is 23.0. The van der Waals surface area contributed by atoms with Crippen LogP contribution in [0.5, 0.6) is 0 Å². The van der Waals surface area contributed by atoms with Crippen molar-refractivity contribution in [3.05, 3.63) is 157 Å². The topological polar surface area (TPSA) is 308 Å². The summed E-state index contributed by atoms with van der Waals surface area (Å²) in [6, 6.07) is 7.08. The van der Waals surface area contributed by atoms with Crippen LogP contribution in [-0.4, -0.2) is 154 Å². The van der Waals surface area contributed by atoms with Gasteiger partial charge in [0, 0.05) is 94.5 Å². The van der Waals surface area contributed by atoms with Gasteiger partial charge >= 0.3 is 18.2 Å². The van der Waals surface area contributed by atoms with Crippen LogP contribution >= 0.6 is 58.0 Å². The molecule has 10 aromatic rings. The number of amides is 2. The number of halogens is 5. The number of carboxylic acid groups (broad SMARTS) is 1. The Bertz CT molecular complexity index is 4290. The van der Waals surface area contributed by atoms with Gasteiger partial charge in [-0.05, 0) is 96.6 Å². The van der Waals surface area contributed by atoms with E-state index in [0.717, 1.165) is 23.2 Å². The van der Waals surface area contributed by atoms with E-state index in [4.69, 9.17) is 67.5 Å². The molecule has 0 aromatic carbocycles. The van der Waals surface area contributed by atoms with Crippen LogP contribution < -0.4 is 0 Å². The molecule has 0 aliphatic rings. The van der Waals surface area contributed by atoms with E-state index in [2.05, 4.69) is 74.5 Å². The summed E-state index contributed by atoms with van der Waals surface area (Å²) in [5.74, 6) is -0.254. The summed E-state index contributed by atoms with van der Waals surface area (Å²) in [6.07, 6.45) is 14.3. The molecule has 27 nitrogen and oxygen atoms in total. The third-order valence-corrected chi connectivity index (χ3v) is 14.9. The van der Waals surface area contributed by atoms with Crippen molar-refractivity contribution in [1.82, 2.24) is 93.5 Å². The third kappa shape index (κ3) is 16.8. The largest absolute Gasteiger partial charge is 0.478 e. The SMILES string of the molecule is CC[C@@H](C)c1c(CC(=O)Cc2cnc(-n3nccn3)c(Cl)c2)cnc2cc(Cl)nn12.C[C@@H](c1c(C(=O)O)cnc2cc(Cl)nn12)N(C)C(=O)OC(C)(C)C.C[C@@H](c1c(CC(=O)Cc2cnc(-n3nccn3)c(Cl)c2)cnc2cc(Cl)nn12)N(C)C(=O)OC(C)(C)C. The van der Waals surface area contributed by atoms with E-state index in [9.17, 15) is 29.1 Å². The lowest BCUT2D eigenvalue weighted by Gasteiger charge is -2.30. The lowest BCUT2D eigenvalue weighted by atomic mass is 9.96. The quantitative estimate of drug-likeness (QED) is 0.0885. The minimum absolute atomic E-state index is 0.0294. The summed E-state index contributed by atoms with van der Waals surface area (Å²) in [7, 11) is 3.16. The van der Waals surface area contributed by atoms with Gasteiger partial charge in [-0.2, -0.15) is 35.7 Å². The van der Waals surface area contributed by atoms with Gasteiger partial charge in [0.15, 0.2) is 44.0 Å². The van der Waals surface area contributed by atoms with E-state index in [1.807, 2.05) is 6.92 Å². The van der Waals surface area contributed by atoms with Crippen molar-refractivity contribution in [3.63, 3.8) is 0 Å². The van der Waals surface area contributed by atoms with Gasteiger partial charge in [-0.25, -0.2) is 52.8 Å². The summed E-state index contributed by atoms with van der Waals surface area (Å²) < 4.78 is 15.5. The molecular weight excluding hydrogens is 1280 g/mol. The number of carbonyl (C=O) groups is 5. The number of pyridine rings is 2. The van der Waals surface area contributed by atoms with E-state index in [0.29, 0.717) is 60.6 Å². The van der Waals surface area contributed by atoms with Crippen molar-refractivity contribution in [2.75, 3.05) is 14.1 Å². The fourth-order valence-electron chi connectivity index (χ4n) is 9.28. The molecule has 0 fully saturated rings. The molecule has 0 unspecified atom stereocenters. The highest BCUT2D eigenvalue weighted by molar-refractivity contribution is 6.32. The van der Waals surface area contributed by atoms with Crippen molar-refractivity contribution < 1.29 is 38.6 Å². The van der Waals surface area contributed by atoms with Gasteiger partial charge in [0.1, 0.15) is 28.3 Å². The first kappa shape index (κ1) is 68.2. The number of carbonyl (C=O) groups excluding carboxylic acids is 4. The maximum Gasteiger partial charge on any atom is 0.410 e. The van der Waals surface area contributed by atoms with E-state index in [1.165, 1.54) is 55.6 Å². The number of ether oxygens (including phenoxy) is 2. The molecule has 10 heterocycles. The second-order valence-corrected chi connectivity index (χ2v) is 25.0. The van der Waals surface area contributed by atoms with Crippen LogP contribution in [0.25, 0.3) is 28.6 Å². The molecule has 0 bridgehead atoms. The monoisotopic (exact) mass is 1340 g/mol. The fraction of sp³-hybridized carbons (Fsp3) is 0.373. The normalized spacial score (nSPS) is 12.6. The number of Topliss-reactive ketones (excluding diaryl/α,β-unsaturated/α-hetero) is 2. The van der Waals surface area contributed by atoms with Crippen molar-refractivity contribution in [2.45, 2.75) is 131 Å². The molecule has 2 amide bonds. The molecule has 0 aliphatic carbocycles. The molecule has 0 spiro atoms. The first-order valence-electron chi connectivity index (χ1n) is 28.2. The Labute approximate surface area is 546 Å². The van der Waals surface area contributed by atoms with Gasteiger partial charge in [-0.3, -0.25) is 9.59 Å². The molecule has 0 radical (unpaired) electrons. The number of aromatic carboxylic acids is 1. The molecule has 1 N–H and O–H groups in total. The smallest absolute Gasteiger partial charge is 0.410 e. The van der Waals surface area contributed by atoms with Crippen LogP contribution in [-0.2, 0) is 44.7 Å². The Kier molecular flexibility index (Phi) is 21.4. The molecule has 91 heavy (non-hydrogen) atoms.